The minimum atomic E-state index is -4.28. The molecule has 22 heavy (non-hydrogen) atoms. The van der Waals surface area contributed by atoms with Gasteiger partial charge in [0.1, 0.15) is 11.6 Å². The number of nitrogens with one attached hydrogen (secondary N) is 2. The van der Waals surface area contributed by atoms with Gasteiger partial charge in [-0.2, -0.15) is 5.26 Å². The van der Waals surface area contributed by atoms with Crippen LogP contribution in [0.3, 0.4) is 0 Å². The Morgan fingerprint density at radius 2 is 2.05 bits per heavy atom. The van der Waals surface area contributed by atoms with Gasteiger partial charge in [0.05, 0.1) is 11.6 Å². The first-order chi connectivity index (χ1) is 10.4. The SMILES string of the molecule is N#Cc1cc(F)c(S(=O)(=O)NCC[C@@H]2CCCNC2)c(F)c1. The number of nitrogens with zero attached hydrogens (tertiary/aromatic N) is 1. The maximum absolute atomic E-state index is 13.8. The molecular formula is C14H17F2N3O2S. The molecule has 120 valence electrons. The van der Waals surface area contributed by atoms with Gasteiger partial charge in [0.15, 0.2) is 4.90 Å². The maximum Gasteiger partial charge on any atom is 0.246 e. The largest absolute Gasteiger partial charge is 0.316 e. The summed E-state index contributed by atoms with van der Waals surface area (Å²) in [5.41, 5.74) is -0.262. The van der Waals surface area contributed by atoms with Gasteiger partial charge in [-0.3, -0.25) is 0 Å². The summed E-state index contributed by atoms with van der Waals surface area (Å²) >= 11 is 0. The van der Waals surface area contributed by atoms with E-state index in [4.69, 9.17) is 5.26 Å². The molecule has 1 aliphatic rings. The summed E-state index contributed by atoms with van der Waals surface area (Å²) in [6.07, 6.45) is 2.65. The van der Waals surface area contributed by atoms with E-state index < -0.39 is 26.6 Å². The molecule has 0 aromatic heterocycles. The van der Waals surface area contributed by atoms with Gasteiger partial charge >= 0.3 is 0 Å². The number of piperidine rings is 1. The summed E-state index contributed by atoms with van der Waals surface area (Å²) in [6.45, 7) is 1.90. The van der Waals surface area contributed by atoms with Crippen molar-refractivity contribution in [3.8, 4) is 6.07 Å². The van der Waals surface area contributed by atoms with Crippen LogP contribution < -0.4 is 10.0 Å². The van der Waals surface area contributed by atoms with Gasteiger partial charge in [0.2, 0.25) is 10.0 Å². The first-order valence-corrected chi connectivity index (χ1v) is 8.52. The maximum atomic E-state index is 13.8. The Bertz CT molecular complexity index is 657. The molecule has 5 nitrogen and oxygen atoms in total. The summed E-state index contributed by atoms with van der Waals surface area (Å²) in [5.74, 6) is -2.17. The molecule has 1 atom stereocenters. The van der Waals surface area contributed by atoms with Crippen LogP contribution in [0.5, 0.6) is 0 Å². The zero-order valence-electron chi connectivity index (χ0n) is 11.9. The van der Waals surface area contributed by atoms with Crippen LogP contribution in [-0.4, -0.2) is 28.1 Å². The predicted octanol–water partition coefficient (Wildman–Crippen LogP) is 1.50. The van der Waals surface area contributed by atoms with Crippen LogP contribution in [0.1, 0.15) is 24.8 Å². The van der Waals surface area contributed by atoms with Crippen molar-refractivity contribution in [2.45, 2.75) is 24.2 Å². The average Bonchev–Trinajstić information content (AvgIpc) is 2.47. The second-order valence-electron chi connectivity index (χ2n) is 5.28. The summed E-state index contributed by atoms with van der Waals surface area (Å²) in [4.78, 5) is -1.03. The third-order valence-corrected chi connectivity index (χ3v) is 5.15. The number of hydrogen-bond donors (Lipinski definition) is 2. The summed E-state index contributed by atoms with van der Waals surface area (Å²) in [7, 11) is -4.28. The summed E-state index contributed by atoms with van der Waals surface area (Å²) in [6, 6.07) is 2.99. The lowest BCUT2D eigenvalue weighted by atomic mass is 9.96. The molecule has 1 fully saturated rings. The molecule has 1 saturated heterocycles. The highest BCUT2D eigenvalue weighted by Gasteiger charge is 2.25. The van der Waals surface area contributed by atoms with Gasteiger partial charge < -0.3 is 5.32 Å². The molecule has 0 bridgehead atoms. The van der Waals surface area contributed by atoms with E-state index in [9.17, 15) is 17.2 Å². The van der Waals surface area contributed by atoms with Crippen LogP contribution >= 0.6 is 0 Å². The summed E-state index contributed by atoms with van der Waals surface area (Å²) in [5, 5.41) is 11.8. The third kappa shape index (κ3) is 4.00. The molecule has 0 aliphatic carbocycles. The standard InChI is InChI=1S/C14H17F2N3O2S/c15-12-6-11(8-17)7-13(16)14(12)22(20,21)19-5-3-10-2-1-4-18-9-10/h6-7,10,18-19H,1-5,9H2/t10-/m0/s1. The fourth-order valence-corrected chi connectivity index (χ4v) is 3.68. The van der Waals surface area contributed by atoms with E-state index in [1.807, 2.05) is 0 Å². The molecule has 0 amide bonds. The average molecular weight is 329 g/mol. The Kier molecular flexibility index (Phi) is 5.45. The highest BCUT2D eigenvalue weighted by atomic mass is 32.2. The number of rotatable bonds is 5. The topological polar surface area (TPSA) is 82.0 Å². The Morgan fingerprint density at radius 3 is 2.59 bits per heavy atom. The van der Waals surface area contributed by atoms with Crippen LogP contribution in [0.25, 0.3) is 0 Å². The molecule has 0 radical (unpaired) electrons. The van der Waals surface area contributed by atoms with E-state index in [0.29, 0.717) is 24.5 Å². The van der Waals surface area contributed by atoms with Gasteiger partial charge in [-0.25, -0.2) is 21.9 Å². The van der Waals surface area contributed by atoms with Crippen molar-refractivity contribution in [1.29, 1.82) is 5.26 Å². The van der Waals surface area contributed by atoms with Gasteiger partial charge in [0.25, 0.3) is 0 Å². The van der Waals surface area contributed by atoms with Crippen molar-refractivity contribution < 1.29 is 17.2 Å². The fraction of sp³-hybridized carbons (Fsp3) is 0.500. The van der Waals surface area contributed by atoms with E-state index in [1.165, 1.54) is 0 Å². The molecule has 0 spiro atoms. The number of benzene rings is 1. The zero-order valence-corrected chi connectivity index (χ0v) is 12.7. The number of sulfonamides is 1. The lowest BCUT2D eigenvalue weighted by Crippen LogP contribution is -2.33. The van der Waals surface area contributed by atoms with Crippen LogP contribution in [0.15, 0.2) is 17.0 Å². The van der Waals surface area contributed by atoms with E-state index in [1.54, 1.807) is 6.07 Å². The van der Waals surface area contributed by atoms with E-state index in [2.05, 4.69) is 10.0 Å². The minimum absolute atomic E-state index is 0.119. The van der Waals surface area contributed by atoms with Gasteiger partial charge in [0, 0.05) is 6.54 Å². The molecule has 2 N–H and O–H groups in total. The minimum Gasteiger partial charge on any atom is -0.316 e. The lowest BCUT2D eigenvalue weighted by Gasteiger charge is -2.22. The smallest absolute Gasteiger partial charge is 0.246 e. The molecule has 0 unspecified atom stereocenters. The Balaban J connectivity index is 2.05. The monoisotopic (exact) mass is 329 g/mol. The normalized spacial score (nSPS) is 18.9. The molecule has 8 heteroatoms. The Hall–Kier alpha value is -1.56. The van der Waals surface area contributed by atoms with Crippen LogP contribution in [0, 0.1) is 28.9 Å². The Morgan fingerprint density at radius 1 is 1.36 bits per heavy atom. The molecule has 1 aromatic carbocycles. The second-order valence-corrected chi connectivity index (χ2v) is 6.98. The van der Waals surface area contributed by atoms with Crippen molar-refractivity contribution >= 4 is 10.0 Å². The zero-order chi connectivity index (χ0) is 16.2. The quantitative estimate of drug-likeness (QED) is 0.858. The molecule has 0 saturated carbocycles. The molecule has 1 aliphatic heterocycles. The van der Waals surface area contributed by atoms with Crippen LogP contribution in [0.2, 0.25) is 0 Å². The molecular weight excluding hydrogens is 312 g/mol. The van der Waals surface area contributed by atoms with E-state index >= 15 is 0 Å². The molecule has 1 aromatic rings. The first-order valence-electron chi connectivity index (χ1n) is 7.03. The van der Waals surface area contributed by atoms with Gasteiger partial charge in [-0.1, -0.05) is 0 Å². The second kappa shape index (κ2) is 7.13. The van der Waals surface area contributed by atoms with Crippen LogP contribution in [-0.2, 0) is 10.0 Å². The predicted molar refractivity (Wildman–Crippen MR) is 76.5 cm³/mol. The van der Waals surface area contributed by atoms with Crippen molar-refractivity contribution in [2.24, 2.45) is 5.92 Å². The fourth-order valence-electron chi connectivity index (χ4n) is 2.52. The lowest BCUT2D eigenvalue weighted by molar-refractivity contribution is 0.358. The highest BCUT2D eigenvalue weighted by Crippen LogP contribution is 2.21. The number of halogens is 2. The van der Waals surface area contributed by atoms with E-state index in [-0.39, 0.29) is 12.1 Å². The third-order valence-electron chi connectivity index (χ3n) is 3.64. The van der Waals surface area contributed by atoms with Gasteiger partial charge in [-0.05, 0) is 50.4 Å². The molecule has 1 heterocycles. The molecule has 2 rings (SSSR count). The van der Waals surface area contributed by atoms with E-state index in [0.717, 1.165) is 25.9 Å². The van der Waals surface area contributed by atoms with Crippen molar-refractivity contribution in [3.05, 3.63) is 29.3 Å². The highest BCUT2D eigenvalue weighted by molar-refractivity contribution is 7.89. The van der Waals surface area contributed by atoms with Crippen molar-refractivity contribution in [3.63, 3.8) is 0 Å². The summed E-state index contributed by atoms with van der Waals surface area (Å²) < 4.78 is 53.8. The van der Waals surface area contributed by atoms with Crippen LogP contribution in [0.4, 0.5) is 8.78 Å². The number of hydrogen-bond acceptors (Lipinski definition) is 4. The number of nitriles is 1. The van der Waals surface area contributed by atoms with Crippen molar-refractivity contribution in [2.75, 3.05) is 19.6 Å². The first kappa shape index (κ1) is 16.8. The Labute approximate surface area is 128 Å². The van der Waals surface area contributed by atoms with Crippen molar-refractivity contribution in [1.82, 2.24) is 10.0 Å². The van der Waals surface area contributed by atoms with Gasteiger partial charge in [-0.15, -0.1) is 0 Å².